The molecule has 0 spiro atoms. The summed E-state index contributed by atoms with van der Waals surface area (Å²) in [5.74, 6) is -0.302. The van der Waals surface area contributed by atoms with E-state index < -0.39 is 31.8 Å². The molecule has 1 aromatic heterocycles. The summed E-state index contributed by atoms with van der Waals surface area (Å²) < 4.78 is 51.6. The fourth-order valence-corrected chi connectivity index (χ4v) is 1.93. The molecule has 1 aromatic rings. The Morgan fingerprint density at radius 1 is 1.56 bits per heavy atom. The molecule has 0 radical (unpaired) electrons. The highest BCUT2D eigenvalue weighted by atomic mass is 35.7. The lowest BCUT2D eigenvalue weighted by atomic mass is 10.2. The SMILES string of the molecule is COc1cc(C(F)F)c(N)c(S(=O)(=O)Cl)n1. The van der Waals surface area contributed by atoms with Gasteiger partial charge in [-0.05, 0) is 0 Å². The van der Waals surface area contributed by atoms with Crippen LogP contribution < -0.4 is 10.5 Å². The van der Waals surface area contributed by atoms with E-state index in [1.54, 1.807) is 0 Å². The first kappa shape index (κ1) is 12.9. The number of pyridine rings is 1. The maximum absolute atomic E-state index is 12.5. The van der Waals surface area contributed by atoms with Gasteiger partial charge in [-0.3, -0.25) is 0 Å². The Balaban J connectivity index is 3.56. The zero-order valence-electron chi connectivity index (χ0n) is 7.95. The van der Waals surface area contributed by atoms with Gasteiger partial charge in [-0.1, -0.05) is 0 Å². The van der Waals surface area contributed by atoms with Crippen LogP contribution >= 0.6 is 10.7 Å². The van der Waals surface area contributed by atoms with Gasteiger partial charge in [0.05, 0.1) is 12.8 Å². The first-order valence-electron chi connectivity index (χ1n) is 3.84. The van der Waals surface area contributed by atoms with Crippen LogP contribution in [0.25, 0.3) is 0 Å². The third-order valence-corrected chi connectivity index (χ3v) is 2.92. The molecule has 0 atom stereocenters. The van der Waals surface area contributed by atoms with Crippen molar-refractivity contribution in [2.24, 2.45) is 0 Å². The van der Waals surface area contributed by atoms with Crippen LogP contribution in [0.15, 0.2) is 11.1 Å². The van der Waals surface area contributed by atoms with Crippen molar-refractivity contribution in [3.63, 3.8) is 0 Å². The van der Waals surface area contributed by atoms with Gasteiger partial charge in [0.15, 0.2) is 5.03 Å². The van der Waals surface area contributed by atoms with Crippen LogP contribution in [0.4, 0.5) is 14.5 Å². The van der Waals surface area contributed by atoms with Crippen molar-refractivity contribution in [2.75, 3.05) is 12.8 Å². The van der Waals surface area contributed by atoms with Crippen LogP contribution in [0.1, 0.15) is 12.0 Å². The number of ether oxygens (including phenoxy) is 1. The summed E-state index contributed by atoms with van der Waals surface area (Å²) in [4.78, 5) is 3.40. The molecule has 0 saturated carbocycles. The normalized spacial score (nSPS) is 11.8. The molecule has 0 bridgehead atoms. The lowest BCUT2D eigenvalue weighted by molar-refractivity contribution is 0.151. The van der Waals surface area contributed by atoms with E-state index >= 15 is 0 Å². The van der Waals surface area contributed by atoms with Crippen molar-refractivity contribution in [1.29, 1.82) is 0 Å². The maximum Gasteiger partial charge on any atom is 0.280 e. The molecule has 0 aliphatic rings. The molecule has 2 N–H and O–H groups in total. The number of nitrogens with zero attached hydrogens (tertiary/aromatic N) is 1. The highest BCUT2D eigenvalue weighted by molar-refractivity contribution is 8.13. The summed E-state index contributed by atoms with van der Waals surface area (Å²) in [6, 6.07) is 0.853. The van der Waals surface area contributed by atoms with Crippen molar-refractivity contribution in [1.82, 2.24) is 4.98 Å². The van der Waals surface area contributed by atoms with Gasteiger partial charge in [-0.2, -0.15) is 4.98 Å². The summed E-state index contributed by atoms with van der Waals surface area (Å²) in [5.41, 5.74) is 3.87. The van der Waals surface area contributed by atoms with Crippen molar-refractivity contribution in [3.8, 4) is 5.88 Å². The predicted octanol–water partition coefficient (Wildman–Crippen LogP) is 1.54. The van der Waals surface area contributed by atoms with Gasteiger partial charge < -0.3 is 10.5 Å². The maximum atomic E-state index is 12.5. The van der Waals surface area contributed by atoms with E-state index in [9.17, 15) is 17.2 Å². The summed E-state index contributed by atoms with van der Waals surface area (Å²) in [5, 5.41) is -0.830. The first-order chi connectivity index (χ1) is 7.27. The van der Waals surface area contributed by atoms with Crippen molar-refractivity contribution in [2.45, 2.75) is 11.5 Å². The number of hydrogen-bond acceptors (Lipinski definition) is 5. The lowest BCUT2D eigenvalue weighted by Gasteiger charge is -2.09. The minimum absolute atomic E-state index is 0.302. The Morgan fingerprint density at radius 2 is 2.12 bits per heavy atom. The highest BCUT2D eigenvalue weighted by Gasteiger charge is 2.24. The Morgan fingerprint density at radius 3 is 2.50 bits per heavy atom. The zero-order chi connectivity index (χ0) is 12.5. The van der Waals surface area contributed by atoms with Crippen LogP contribution in [-0.2, 0) is 9.05 Å². The third-order valence-electron chi connectivity index (χ3n) is 1.71. The van der Waals surface area contributed by atoms with Gasteiger partial charge >= 0.3 is 0 Å². The minimum atomic E-state index is -4.30. The van der Waals surface area contributed by atoms with E-state index in [0.29, 0.717) is 0 Å². The van der Waals surface area contributed by atoms with Crippen molar-refractivity contribution >= 4 is 25.4 Å². The number of hydrogen-bond donors (Lipinski definition) is 1. The minimum Gasteiger partial charge on any atom is -0.481 e. The second kappa shape index (κ2) is 4.38. The average Bonchev–Trinajstić information content (AvgIpc) is 2.15. The van der Waals surface area contributed by atoms with E-state index in [4.69, 9.17) is 16.4 Å². The number of halogens is 3. The molecule has 1 heterocycles. The summed E-state index contributed by atoms with van der Waals surface area (Å²) in [6.07, 6.45) is -2.95. The second-order valence-electron chi connectivity index (χ2n) is 2.71. The third kappa shape index (κ3) is 2.50. The van der Waals surface area contributed by atoms with Gasteiger partial charge in [0.2, 0.25) is 5.88 Å². The van der Waals surface area contributed by atoms with E-state index in [2.05, 4.69) is 9.72 Å². The molecular formula is C7H7ClF2N2O3S. The Kier molecular flexibility index (Phi) is 3.54. The number of anilines is 1. The highest BCUT2D eigenvalue weighted by Crippen LogP contribution is 2.33. The molecule has 0 unspecified atom stereocenters. The van der Waals surface area contributed by atoms with E-state index in [1.165, 1.54) is 0 Å². The largest absolute Gasteiger partial charge is 0.481 e. The molecule has 16 heavy (non-hydrogen) atoms. The van der Waals surface area contributed by atoms with E-state index in [1.807, 2.05) is 0 Å². The quantitative estimate of drug-likeness (QED) is 0.844. The van der Waals surface area contributed by atoms with E-state index in [0.717, 1.165) is 13.2 Å². The zero-order valence-corrected chi connectivity index (χ0v) is 9.52. The molecule has 0 saturated heterocycles. The monoisotopic (exact) mass is 272 g/mol. The number of nitrogens with two attached hydrogens (primary N) is 1. The first-order valence-corrected chi connectivity index (χ1v) is 6.15. The van der Waals surface area contributed by atoms with Crippen LogP contribution in [-0.4, -0.2) is 20.5 Å². The second-order valence-corrected chi connectivity index (χ2v) is 5.19. The number of nitrogen functional groups attached to an aromatic ring is 1. The van der Waals surface area contributed by atoms with Gasteiger partial charge in [-0.25, -0.2) is 17.2 Å². The molecule has 1 rings (SSSR count). The topological polar surface area (TPSA) is 82.3 Å². The van der Waals surface area contributed by atoms with Crippen LogP contribution in [0.5, 0.6) is 5.88 Å². The standard InChI is InChI=1S/C7H7ClF2N2O3S/c1-15-4-2-3(6(9)10)5(11)7(12-4)16(8,13)14/h2,6H,11H2,1H3. The summed E-state index contributed by atoms with van der Waals surface area (Å²) in [7, 11) is 1.85. The fourth-order valence-electron chi connectivity index (χ4n) is 0.998. The van der Waals surface area contributed by atoms with Gasteiger partial charge in [0, 0.05) is 22.3 Å². The average molecular weight is 273 g/mol. The number of alkyl halides is 2. The summed E-state index contributed by atoms with van der Waals surface area (Å²) in [6.45, 7) is 0. The van der Waals surface area contributed by atoms with Crippen molar-refractivity contribution in [3.05, 3.63) is 11.6 Å². The molecule has 0 amide bonds. The number of aromatic nitrogens is 1. The smallest absolute Gasteiger partial charge is 0.280 e. The molecule has 9 heteroatoms. The fraction of sp³-hybridized carbons (Fsp3) is 0.286. The van der Waals surface area contributed by atoms with Gasteiger partial charge in [0.1, 0.15) is 0 Å². The van der Waals surface area contributed by atoms with Crippen LogP contribution in [0.2, 0.25) is 0 Å². The molecule has 0 aliphatic carbocycles. The Labute approximate surface area is 94.6 Å². The molecule has 0 aliphatic heterocycles. The van der Waals surface area contributed by atoms with Crippen molar-refractivity contribution < 1.29 is 21.9 Å². The molecule has 90 valence electrons. The van der Waals surface area contributed by atoms with Gasteiger partial charge in [0.25, 0.3) is 15.5 Å². The van der Waals surface area contributed by atoms with Crippen LogP contribution in [0, 0.1) is 0 Å². The predicted molar refractivity (Wildman–Crippen MR) is 53.2 cm³/mol. The molecule has 5 nitrogen and oxygen atoms in total. The summed E-state index contributed by atoms with van der Waals surface area (Å²) >= 11 is 0. The molecule has 0 aromatic carbocycles. The van der Waals surface area contributed by atoms with Crippen LogP contribution in [0.3, 0.4) is 0 Å². The molecular weight excluding hydrogens is 266 g/mol. The number of rotatable bonds is 3. The van der Waals surface area contributed by atoms with E-state index in [-0.39, 0.29) is 5.88 Å². The van der Waals surface area contributed by atoms with Gasteiger partial charge in [-0.15, -0.1) is 0 Å². The Hall–Kier alpha value is -1.15. The molecule has 0 fully saturated rings. The Bertz CT molecular complexity index is 507. The number of methoxy groups -OCH3 is 1. The lowest BCUT2D eigenvalue weighted by Crippen LogP contribution is -2.07.